The molecule has 0 aliphatic rings. The largest absolute Gasteiger partial charge is 0.497 e. The molecule has 0 heterocycles. The fraction of sp³-hybridized carbons (Fsp3) is 0.120. The molecule has 2 N–H and O–H groups in total. The molecule has 0 bridgehead atoms. The van der Waals surface area contributed by atoms with Gasteiger partial charge in [0.25, 0.3) is 11.8 Å². The van der Waals surface area contributed by atoms with Crippen molar-refractivity contribution in [1.82, 2.24) is 10.7 Å². The zero-order valence-electron chi connectivity index (χ0n) is 18.6. The molecule has 2 amide bonds. The van der Waals surface area contributed by atoms with Crippen LogP contribution in [0.15, 0.2) is 77.9 Å². The van der Waals surface area contributed by atoms with Crippen molar-refractivity contribution in [3.8, 4) is 17.2 Å². The second kappa shape index (κ2) is 11.8. The number of amides is 2. The van der Waals surface area contributed by atoms with E-state index < -0.39 is 11.9 Å². The van der Waals surface area contributed by atoms with Crippen molar-refractivity contribution in [3.63, 3.8) is 0 Å². The van der Waals surface area contributed by atoms with Crippen LogP contribution in [0.2, 0.25) is 0 Å². The molecule has 174 valence electrons. The smallest absolute Gasteiger partial charge is 0.343 e. The van der Waals surface area contributed by atoms with Crippen molar-refractivity contribution in [1.29, 1.82) is 0 Å². The standard InChI is InChI=1S/C25H23N3O6/c1-32-20-11-5-18(6-12-20)24(30)26-16-23(29)28-27-15-17-3-9-22(10-4-17)34-25(31)19-7-13-21(33-2)14-8-19/h3-15H,16H2,1-2H3,(H,26,30)(H,28,29)/b27-15-. The Hall–Kier alpha value is -4.66. The van der Waals surface area contributed by atoms with E-state index in [2.05, 4.69) is 15.8 Å². The van der Waals surface area contributed by atoms with Crippen molar-refractivity contribution in [2.24, 2.45) is 5.10 Å². The number of hydrogen-bond donors (Lipinski definition) is 2. The van der Waals surface area contributed by atoms with Crippen molar-refractivity contribution < 1.29 is 28.6 Å². The molecule has 0 aromatic heterocycles. The first-order valence-electron chi connectivity index (χ1n) is 10.2. The Morgan fingerprint density at radius 2 is 1.29 bits per heavy atom. The number of nitrogens with zero attached hydrogens (tertiary/aromatic N) is 1. The summed E-state index contributed by atoms with van der Waals surface area (Å²) in [6.45, 7) is -0.234. The minimum Gasteiger partial charge on any atom is -0.497 e. The Bertz CT molecular complexity index is 1160. The van der Waals surface area contributed by atoms with Crippen LogP contribution in [0.25, 0.3) is 0 Å². The van der Waals surface area contributed by atoms with Crippen molar-refractivity contribution in [3.05, 3.63) is 89.5 Å². The highest BCUT2D eigenvalue weighted by Crippen LogP contribution is 2.16. The fourth-order valence-electron chi connectivity index (χ4n) is 2.74. The molecule has 3 rings (SSSR count). The van der Waals surface area contributed by atoms with Crippen LogP contribution in [0.3, 0.4) is 0 Å². The Labute approximate surface area is 196 Å². The second-order valence-corrected chi connectivity index (χ2v) is 6.89. The highest BCUT2D eigenvalue weighted by atomic mass is 16.5. The number of esters is 1. The second-order valence-electron chi connectivity index (χ2n) is 6.89. The van der Waals surface area contributed by atoms with Crippen LogP contribution in [0, 0.1) is 0 Å². The van der Waals surface area contributed by atoms with Gasteiger partial charge in [0.1, 0.15) is 17.2 Å². The molecular weight excluding hydrogens is 438 g/mol. The third kappa shape index (κ3) is 6.92. The molecule has 34 heavy (non-hydrogen) atoms. The number of benzene rings is 3. The lowest BCUT2D eigenvalue weighted by Crippen LogP contribution is -2.34. The maximum absolute atomic E-state index is 12.2. The number of hydrogen-bond acceptors (Lipinski definition) is 7. The van der Waals surface area contributed by atoms with Gasteiger partial charge >= 0.3 is 5.97 Å². The monoisotopic (exact) mass is 461 g/mol. The van der Waals surface area contributed by atoms with Gasteiger partial charge in [-0.05, 0) is 78.4 Å². The van der Waals surface area contributed by atoms with Crippen LogP contribution in [-0.2, 0) is 4.79 Å². The van der Waals surface area contributed by atoms with Crippen LogP contribution in [0.5, 0.6) is 17.2 Å². The summed E-state index contributed by atoms with van der Waals surface area (Å²) in [4.78, 5) is 36.2. The topological polar surface area (TPSA) is 115 Å². The van der Waals surface area contributed by atoms with Gasteiger partial charge in [-0.2, -0.15) is 5.10 Å². The highest BCUT2D eigenvalue weighted by Gasteiger charge is 2.09. The van der Waals surface area contributed by atoms with Gasteiger partial charge in [0, 0.05) is 5.56 Å². The predicted octanol–water partition coefficient (Wildman–Crippen LogP) is 2.80. The number of carbonyl (C=O) groups is 3. The lowest BCUT2D eigenvalue weighted by molar-refractivity contribution is -0.120. The van der Waals surface area contributed by atoms with Gasteiger partial charge in [0.15, 0.2) is 0 Å². The fourth-order valence-corrected chi connectivity index (χ4v) is 2.74. The molecule has 0 saturated carbocycles. The number of hydrazone groups is 1. The van der Waals surface area contributed by atoms with Crippen molar-refractivity contribution in [2.45, 2.75) is 0 Å². The van der Waals surface area contributed by atoms with E-state index in [-0.39, 0.29) is 12.5 Å². The zero-order chi connectivity index (χ0) is 24.3. The Balaban J connectivity index is 1.43. The molecule has 9 nitrogen and oxygen atoms in total. The summed E-state index contributed by atoms with van der Waals surface area (Å²) >= 11 is 0. The number of methoxy groups -OCH3 is 2. The minimum atomic E-state index is -0.493. The zero-order valence-corrected chi connectivity index (χ0v) is 18.6. The van der Waals surface area contributed by atoms with E-state index in [0.29, 0.717) is 33.9 Å². The molecular formula is C25H23N3O6. The summed E-state index contributed by atoms with van der Waals surface area (Å²) in [6.07, 6.45) is 1.43. The summed E-state index contributed by atoms with van der Waals surface area (Å²) in [5.41, 5.74) is 3.81. The predicted molar refractivity (Wildman–Crippen MR) is 125 cm³/mol. The molecule has 0 spiro atoms. The number of carbonyl (C=O) groups excluding carboxylic acids is 3. The number of ether oxygens (including phenoxy) is 3. The van der Waals surface area contributed by atoms with E-state index in [1.165, 1.54) is 13.3 Å². The molecule has 3 aromatic rings. The van der Waals surface area contributed by atoms with E-state index in [9.17, 15) is 14.4 Å². The normalized spacial score (nSPS) is 10.4. The lowest BCUT2D eigenvalue weighted by atomic mass is 10.2. The SMILES string of the molecule is COc1ccc(C(=O)NCC(=O)N/N=C\c2ccc(OC(=O)c3ccc(OC)cc3)cc2)cc1. The molecule has 0 aliphatic heterocycles. The quantitative estimate of drug-likeness (QED) is 0.219. The van der Waals surface area contributed by atoms with Gasteiger partial charge in [0.2, 0.25) is 0 Å². The van der Waals surface area contributed by atoms with Crippen molar-refractivity contribution in [2.75, 3.05) is 20.8 Å². The Morgan fingerprint density at radius 1 is 0.765 bits per heavy atom. The van der Waals surface area contributed by atoms with E-state index >= 15 is 0 Å². The van der Waals surface area contributed by atoms with Gasteiger partial charge in [-0.25, -0.2) is 10.2 Å². The average molecular weight is 461 g/mol. The summed E-state index contributed by atoms with van der Waals surface area (Å²) in [5.74, 6) is 0.278. The minimum absolute atomic E-state index is 0.234. The third-order valence-corrected chi connectivity index (χ3v) is 4.58. The van der Waals surface area contributed by atoms with Crippen molar-refractivity contribution >= 4 is 24.0 Å². The first kappa shape index (κ1) is 24.0. The first-order valence-corrected chi connectivity index (χ1v) is 10.2. The first-order chi connectivity index (χ1) is 16.5. The Morgan fingerprint density at radius 3 is 1.85 bits per heavy atom. The molecule has 0 atom stereocenters. The van der Waals surface area contributed by atoms with E-state index in [1.807, 2.05) is 0 Å². The van der Waals surface area contributed by atoms with E-state index in [1.54, 1.807) is 79.9 Å². The van der Waals surface area contributed by atoms with Gasteiger partial charge in [0.05, 0.1) is 32.5 Å². The van der Waals surface area contributed by atoms with Crippen LogP contribution < -0.4 is 25.0 Å². The molecule has 9 heteroatoms. The lowest BCUT2D eigenvalue weighted by Gasteiger charge is -2.06. The number of rotatable bonds is 9. The van der Waals surface area contributed by atoms with E-state index in [4.69, 9.17) is 14.2 Å². The maximum atomic E-state index is 12.2. The van der Waals surface area contributed by atoms with E-state index in [0.717, 1.165) is 0 Å². The van der Waals surface area contributed by atoms with Gasteiger partial charge < -0.3 is 19.5 Å². The average Bonchev–Trinajstić information content (AvgIpc) is 2.88. The summed E-state index contributed by atoms with van der Waals surface area (Å²) < 4.78 is 15.4. The maximum Gasteiger partial charge on any atom is 0.343 e. The number of nitrogens with one attached hydrogen (secondary N) is 2. The summed E-state index contributed by atoms with van der Waals surface area (Å²) in [5, 5.41) is 6.37. The highest BCUT2D eigenvalue weighted by molar-refractivity contribution is 5.96. The molecule has 3 aromatic carbocycles. The molecule has 0 fully saturated rings. The summed E-state index contributed by atoms with van der Waals surface area (Å²) in [6, 6.07) is 19.7. The van der Waals surface area contributed by atoms with Crippen LogP contribution in [-0.4, -0.2) is 44.8 Å². The van der Waals surface area contributed by atoms with Crippen LogP contribution >= 0.6 is 0 Å². The van der Waals surface area contributed by atoms with Crippen LogP contribution in [0.4, 0.5) is 0 Å². The van der Waals surface area contributed by atoms with Gasteiger partial charge in [-0.1, -0.05) is 0 Å². The summed E-state index contributed by atoms with van der Waals surface area (Å²) in [7, 11) is 3.08. The third-order valence-electron chi connectivity index (χ3n) is 4.58. The van der Waals surface area contributed by atoms with Crippen LogP contribution in [0.1, 0.15) is 26.3 Å². The molecule has 0 unspecified atom stereocenters. The van der Waals surface area contributed by atoms with Gasteiger partial charge in [-0.15, -0.1) is 0 Å². The Kier molecular flexibility index (Phi) is 8.34. The molecule has 0 saturated heterocycles. The molecule has 0 radical (unpaired) electrons. The molecule has 0 aliphatic carbocycles. The van der Waals surface area contributed by atoms with Gasteiger partial charge in [-0.3, -0.25) is 9.59 Å².